The van der Waals surface area contributed by atoms with Crippen molar-refractivity contribution in [3.05, 3.63) is 71.1 Å². The van der Waals surface area contributed by atoms with E-state index in [9.17, 15) is 4.79 Å². The largest absolute Gasteiger partial charge is 0.493 e. The molecule has 1 amide bonds. The standard InChI is InChI=1S/C25H28N2O3/c1-17-23(26-25(30-17)18-7-5-4-6-8-18)13-14-29-21-11-12-22-19(15-21)9-10-20(22)16-24(28)27(2)3/h4-8,11-12,15,20H,9-10,13-14,16H2,1-3H3. The first-order valence-corrected chi connectivity index (χ1v) is 10.5. The van der Waals surface area contributed by atoms with Gasteiger partial charge in [0.2, 0.25) is 11.8 Å². The summed E-state index contributed by atoms with van der Waals surface area (Å²) in [7, 11) is 3.63. The molecular weight excluding hydrogens is 376 g/mol. The number of amides is 1. The Balaban J connectivity index is 1.36. The second kappa shape index (κ2) is 8.74. The zero-order valence-corrected chi connectivity index (χ0v) is 17.9. The molecule has 1 aromatic heterocycles. The first kappa shape index (κ1) is 20.2. The minimum atomic E-state index is 0.186. The van der Waals surface area contributed by atoms with Gasteiger partial charge in [0, 0.05) is 32.5 Å². The fourth-order valence-corrected chi connectivity index (χ4v) is 4.01. The van der Waals surface area contributed by atoms with E-state index in [4.69, 9.17) is 9.15 Å². The lowest BCUT2D eigenvalue weighted by molar-refractivity contribution is -0.129. The van der Waals surface area contributed by atoms with E-state index in [1.54, 1.807) is 4.90 Å². The summed E-state index contributed by atoms with van der Waals surface area (Å²) in [6, 6.07) is 16.2. The number of aryl methyl sites for hydroxylation is 2. The van der Waals surface area contributed by atoms with Crippen molar-refractivity contribution in [3.8, 4) is 17.2 Å². The van der Waals surface area contributed by atoms with Gasteiger partial charge in [-0.05, 0) is 61.1 Å². The summed E-state index contributed by atoms with van der Waals surface area (Å²) < 4.78 is 11.8. The van der Waals surface area contributed by atoms with Crippen LogP contribution in [0.4, 0.5) is 0 Å². The Morgan fingerprint density at radius 3 is 2.77 bits per heavy atom. The molecular formula is C25H28N2O3. The van der Waals surface area contributed by atoms with Crippen molar-refractivity contribution >= 4 is 5.91 Å². The van der Waals surface area contributed by atoms with E-state index in [0.717, 1.165) is 35.6 Å². The van der Waals surface area contributed by atoms with Crippen LogP contribution in [0.2, 0.25) is 0 Å². The molecule has 4 rings (SSSR count). The van der Waals surface area contributed by atoms with Crippen LogP contribution in [0.1, 0.15) is 41.3 Å². The van der Waals surface area contributed by atoms with Crippen LogP contribution in [0.5, 0.6) is 5.75 Å². The minimum absolute atomic E-state index is 0.186. The number of rotatable bonds is 7. The number of carbonyl (C=O) groups excluding carboxylic acids is 1. The van der Waals surface area contributed by atoms with Crippen molar-refractivity contribution in [2.45, 2.75) is 38.5 Å². The molecule has 30 heavy (non-hydrogen) atoms. The number of nitrogens with zero attached hydrogens (tertiary/aromatic N) is 2. The molecule has 156 valence electrons. The molecule has 0 spiro atoms. The molecule has 0 fully saturated rings. The van der Waals surface area contributed by atoms with Gasteiger partial charge >= 0.3 is 0 Å². The van der Waals surface area contributed by atoms with E-state index in [1.807, 2.05) is 57.4 Å². The monoisotopic (exact) mass is 404 g/mol. The van der Waals surface area contributed by atoms with Crippen molar-refractivity contribution in [3.63, 3.8) is 0 Å². The Labute approximate surface area is 177 Å². The molecule has 0 bridgehead atoms. The highest BCUT2D eigenvalue weighted by atomic mass is 16.5. The van der Waals surface area contributed by atoms with Crippen molar-refractivity contribution in [1.82, 2.24) is 9.88 Å². The normalized spacial score (nSPS) is 15.1. The molecule has 2 aromatic carbocycles. The number of aromatic nitrogens is 1. The number of fused-ring (bicyclic) bond motifs is 1. The quantitative estimate of drug-likeness (QED) is 0.569. The lowest BCUT2D eigenvalue weighted by Gasteiger charge is -2.15. The minimum Gasteiger partial charge on any atom is -0.493 e. The van der Waals surface area contributed by atoms with Crippen molar-refractivity contribution in [1.29, 1.82) is 0 Å². The smallest absolute Gasteiger partial charge is 0.226 e. The average molecular weight is 405 g/mol. The van der Waals surface area contributed by atoms with Gasteiger partial charge in [-0.1, -0.05) is 24.3 Å². The van der Waals surface area contributed by atoms with Gasteiger partial charge in [-0.3, -0.25) is 4.79 Å². The lowest BCUT2D eigenvalue weighted by Crippen LogP contribution is -2.23. The fraction of sp³-hybridized carbons (Fsp3) is 0.360. The molecule has 1 aliphatic rings. The number of oxazole rings is 1. The second-order valence-corrected chi connectivity index (χ2v) is 8.07. The van der Waals surface area contributed by atoms with Gasteiger partial charge in [0.25, 0.3) is 0 Å². The van der Waals surface area contributed by atoms with E-state index in [1.165, 1.54) is 11.1 Å². The first-order valence-electron chi connectivity index (χ1n) is 10.5. The van der Waals surface area contributed by atoms with Crippen LogP contribution in [0.25, 0.3) is 11.5 Å². The van der Waals surface area contributed by atoms with Gasteiger partial charge in [0.1, 0.15) is 11.5 Å². The van der Waals surface area contributed by atoms with E-state index in [-0.39, 0.29) is 5.91 Å². The van der Waals surface area contributed by atoms with E-state index in [0.29, 0.717) is 31.3 Å². The molecule has 5 heteroatoms. The molecule has 0 saturated carbocycles. The van der Waals surface area contributed by atoms with Gasteiger partial charge in [0.15, 0.2) is 0 Å². The van der Waals surface area contributed by atoms with E-state index < -0.39 is 0 Å². The third-order valence-electron chi connectivity index (χ3n) is 5.76. The molecule has 1 atom stereocenters. The Kier molecular flexibility index (Phi) is 5.88. The Hall–Kier alpha value is -3.08. The summed E-state index contributed by atoms with van der Waals surface area (Å²) in [4.78, 5) is 18.4. The molecule has 0 aliphatic heterocycles. The predicted molar refractivity (Wildman–Crippen MR) is 117 cm³/mol. The van der Waals surface area contributed by atoms with Crippen LogP contribution in [-0.2, 0) is 17.6 Å². The number of benzene rings is 2. The molecule has 0 radical (unpaired) electrons. The summed E-state index contributed by atoms with van der Waals surface area (Å²) in [6.45, 7) is 2.49. The molecule has 3 aromatic rings. The highest BCUT2D eigenvalue weighted by molar-refractivity contribution is 5.76. The van der Waals surface area contributed by atoms with Crippen molar-refractivity contribution in [2.75, 3.05) is 20.7 Å². The number of carbonyl (C=O) groups is 1. The maximum absolute atomic E-state index is 12.1. The van der Waals surface area contributed by atoms with Gasteiger partial charge in [-0.15, -0.1) is 0 Å². The highest BCUT2D eigenvalue weighted by Crippen LogP contribution is 2.37. The molecule has 1 aliphatic carbocycles. The van der Waals surface area contributed by atoms with Gasteiger partial charge in [0.05, 0.1) is 12.3 Å². The Morgan fingerprint density at radius 2 is 2.00 bits per heavy atom. The van der Waals surface area contributed by atoms with Gasteiger partial charge < -0.3 is 14.1 Å². The zero-order valence-electron chi connectivity index (χ0n) is 17.9. The summed E-state index contributed by atoms with van der Waals surface area (Å²) in [5, 5.41) is 0. The second-order valence-electron chi connectivity index (χ2n) is 8.07. The Morgan fingerprint density at radius 1 is 1.20 bits per heavy atom. The predicted octanol–water partition coefficient (Wildman–Crippen LogP) is 4.78. The van der Waals surface area contributed by atoms with Crippen LogP contribution in [0, 0.1) is 6.92 Å². The maximum atomic E-state index is 12.1. The molecule has 0 N–H and O–H groups in total. The van der Waals surface area contributed by atoms with Crippen LogP contribution in [-0.4, -0.2) is 36.5 Å². The highest BCUT2D eigenvalue weighted by Gasteiger charge is 2.25. The first-order chi connectivity index (χ1) is 14.5. The third-order valence-corrected chi connectivity index (χ3v) is 5.76. The van der Waals surface area contributed by atoms with Crippen molar-refractivity contribution < 1.29 is 13.9 Å². The molecule has 0 saturated heterocycles. The SMILES string of the molecule is Cc1oc(-c2ccccc2)nc1CCOc1ccc2c(c1)CCC2CC(=O)N(C)C. The molecule has 5 nitrogen and oxygen atoms in total. The van der Waals surface area contributed by atoms with Gasteiger partial charge in [-0.25, -0.2) is 4.98 Å². The van der Waals surface area contributed by atoms with Crippen LogP contribution >= 0.6 is 0 Å². The fourth-order valence-electron chi connectivity index (χ4n) is 4.01. The van der Waals surface area contributed by atoms with E-state index in [2.05, 4.69) is 17.1 Å². The topological polar surface area (TPSA) is 55.6 Å². The van der Waals surface area contributed by atoms with Crippen LogP contribution in [0.3, 0.4) is 0 Å². The summed E-state index contributed by atoms with van der Waals surface area (Å²) in [5.41, 5.74) is 4.50. The molecule has 1 heterocycles. The number of ether oxygens (including phenoxy) is 1. The number of hydrogen-bond donors (Lipinski definition) is 0. The van der Waals surface area contributed by atoms with Crippen LogP contribution in [0.15, 0.2) is 52.9 Å². The summed E-state index contributed by atoms with van der Waals surface area (Å²) in [6.07, 6.45) is 3.30. The number of hydrogen-bond acceptors (Lipinski definition) is 4. The van der Waals surface area contributed by atoms with E-state index >= 15 is 0 Å². The summed E-state index contributed by atoms with van der Waals surface area (Å²) in [5.74, 6) is 2.86. The maximum Gasteiger partial charge on any atom is 0.226 e. The van der Waals surface area contributed by atoms with Crippen molar-refractivity contribution in [2.24, 2.45) is 0 Å². The molecule has 1 unspecified atom stereocenters. The lowest BCUT2D eigenvalue weighted by atomic mass is 9.97. The zero-order chi connectivity index (χ0) is 21.1. The Bertz CT molecular complexity index is 1020. The van der Waals surface area contributed by atoms with Crippen LogP contribution < -0.4 is 4.74 Å². The summed E-state index contributed by atoms with van der Waals surface area (Å²) >= 11 is 0. The average Bonchev–Trinajstić information content (AvgIpc) is 3.32. The van der Waals surface area contributed by atoms with Gasteiger partial charge in [-0.2, -0.15) is 0 Å². The third kappa shape index (κ3) is 4.40.